The van der Waals surface area contributed by atoms with Crippen LogP contribution in [-0.2, 0) is 0 Å². The second-order valence-electron chi connectivity index (χ2n) is 4.37. The highest BCUT2D eigenvalue weighted by Gasteiger charge is 2.23. The third-order valence-corrected chi connectivity index (χ3v) is 3.37. The third-order valence-electron chi connectivity index (χ3n) is 3.37. The predicted molar refractivity (Wildman–Crippen MR) is 62.3 cm³/mol. The van der Waals surface area contributed by atoms with Gasteiger partial charge in [-0.3, -0.25) is 0 Å². The van der Waals surface area contributed by atoms with Crippen LogP contribution in [0.3, 0.4) is 0 Å². The molecule has 4 heteroatoms. The number of hydrogen-bond acceptors (Lipinski definition) is 4. The zero-order valence-corrected chi connectivity index (χ0v) is 9.94. The number of nitrogens with zero attached hydrogens (tertiary/aromatic N) is 2. The molecule has 16 heavy (non-hydrogen) atoms. The molecule has 1 aromatic rings. The van der Waals surface area contributed by atoms with E-state index < -0.39 is 0 Å². The number of methoxy groups -OCH3 is 1. The highest BCUT2D eigenvalue weighted by Crippen LogP contribution is 2.34. The molecule has 0 saturated heterocycles. The van der Waals surface area contributed by atoms with Crippen molar-refractivity contribution in [2.75, 3.05) is 14.2 Å². The number of aromatic nitrogens is 2. The largest absolute Gasteiger partial charge is 0.480 e. The minimum atomic E-state index is 0.323. The molecular formula is C12H19N3O. The summed E-state index contributed by atoms with van der Waals surface area (Å²) >= 11 is 0. The van der Waals surface area contributed by atoms with Gasteiger partial charge in [-0.25, -0.2) is 0 Å². The zero-order valence-electron chi connectivity index (χ0n) is 9.94. The SMILES string of the molecule is CNC(CC1CCC1)c1ccc(OC)nn1. The van der Waals surface area contributed by atoms with Gasteiger partial charge in [0.15, 0.2) is 0 Å². The Hall–Kier alpha value is -1.16. The molecule has 1 saturated carbocycles. The maximum atomic E-state index is 5.00. The van der Waals surface area contributed by atoms with E-state index in [-0.39, 0.29) is 0 Å². The van der Waals surface area contributed by atoms with Crippen LogP contribution in [0.2, 0.25) is 0 Å². The van der Waals surface area contributed by atoms with E-state index in [1.54, 1.807) is 7.11 Å². The predicted octanol–water partition coefficient (Wildman–Crippen LogP) is 1.94. The molecule has 1 unspecified atom stereocenters. The van der Waals surface area contributed by atoms with Gasteiger partial charge in [0, 0.05) is 6.07 Å². The average molecular weight is 221 g/mol. The van der Waals surface area contributed by atoms with Gasteiger partial charge in [-0.15, -0.1) is 5.10 Å². The fourth-order valence-electron chi connectivity index (χ4n) is 2.07. The van der Waals surface area contributed by atoms with Crippen molar-refractivity contribution in [1.82, 2.24) is 15.5 Å². The fraction of sp³-hybridized carbons (Fsp3) is 0.667. The first-order valence-electron chi connectivity index (χ1n) is 5.88. The van der Waals surface area contributed by atoms with Crippen molar-refractivity contribution in [2.24, 2.45) is 5.92 Å². The third kappa shape index (κ3) is 2.50. The maximum Gasteiger partial charge on any atom is 0.233 e. The van der Waals surface area contributed by atoms with Crippen molar-refractivity contribution < 1.29 is 4.74 Å². The van der Waals surface area contributed by atoms with Crippen LogP contribution in [0, 0.1) is 5.92 Å². The first-order chi connectivity index (χ1) is 7.83. The van der Waals surface area contributed by atoms with E-state index in [0.29, 0.717) is 11.9 Å². The van der Waals surface area contributed by atoms with Crippen LogP contribution in [0.1, 0.15) is 37.4 Å². The van der Waals surface area contributed by atoms with E-state index in [1.807, 2.05) is 19.2 Å². The summed E-state index contributed by atoms with van der Waals surface area (Å²) in [4.78, 5) is 0. The van der Waals surface area contributed by atoms with Crippen LogP contribution in [-0.4, -0.2) is 24.4 Å². The van der Waals surface area contributed by atoms with E-state index in [9.17, 15) is 0 Å². The number of hydrogen-bond donors (Lipinski definition) is 1. The lowest BCUT2D eigenvalue weighted by atomic mass is 9.80. The lowest BCUT2D eigenvalue weighted by Gasteiger charge is -2.29. The molecule has 1 fully saturated rings. The van der Waals surface area contributed by atoms with Crippen molar-refractivity contribution >= 4 is 0 Å². The molecule has 1 aliphatic carbocycles. The molecule has 1 aromatic heterocycles. The average Bonchev–Trinajstić information content (AvgIpc) is 2.28. The van der Waals surface area contributed by atoms with Crippen molar-refractivity contribution in [3.63, 3.8) is 0 Å². The fourth-order valence-corrected chi connectivity index (χ4v) is 2.07. The maximum absolute atomic E-state index is 5.00. The van der Waals surface area contributed by atoms with E-state index in [4.69, 9.17) is 4.74 Å². The Morgan fingerprint density at radius 2 is 2.25 bits per heavy atom. The minimum absolute atomic E-state index is 0.323. The molecule has 0 spiro atoms. The van der Waals surface area contributed by atoms with Gasteiger partial charge in [-0.2, -0.15) is 5.10 Å². The van der Waals surface area contributed by atoms with Gasteiger partial charge in [0.25, 0.3) is 0 Å². The Balaban J connectivity index is 2.00. The summed E-state index contributed by atoms with van der Waals surface area (Å²) in [6, 6.07) is 4.18. The second kappa shape index (κ2) is 5.25. The summed E-state index contributed by atoms with van der Waals surface area (Å²) in [6.07, 6.45) is 5.27. The molecule has 1 N–H and O–H groups in total. The van der Waals surface area contributed by atoms with Crippen LogP contribution in [0.4, 0.5) is 0 Å². The van der Waals surface area contributed by atoms with E-state index >= 15 is 0 Å². The zero-order chi connectivity index (χ0) is 11.4. The van der Waals surface area contributed by atoms with Crippen LogP contribution in [0.25, 0.3) is 0 Å². The standard InChI is InChI=1S/C12H19N3O/c1-13-11(8-9-4-3-5-9)10-6-7-12(16-2)15-14-10/h6-7,9,11,13H,3-5,8H2,1-2H3. The number of nitrogens with one attached hydrogen (secondary N) is 1. The molecule has 2 rings (SSSR count). The first-order valence-corrected chi connectivity index (χ1v) is 5.88. The Bertz CT molecular complexity index is 322. The molecule has 0 radical (unpaired) electrons. The second-order valence-corrected chi connectivity index (χ2v) is 4.37. The Kier molecular flexibility index (Phi) is 3.72. The molecule has 88 valence electrons. The van der Waals surface area contributed by atoms with Crippen molar-refractivity contribution in [1.29, 1.82) is 0 Å². The summed E-state index contributed by atoms with van der Waals surface area (Å²) in [5.74, 6) is 1.43. The lowest BCUT2D eigenvalue weighted by Crippen LogP contribution is -2.24. The molecule has 0 aromatic carbocycles. The van der Waals surface area contributed by atoms with Crippen molar-refractivity contribution in [3.8, 4) is 5.88 Å². The summed E-state index contributed by atoms with van der Waals surface area (Å²) in [5, 5.41) is 11.5. The minimum Gasteiger partial charge on any atom is -0.480 e. The van der Waals surface area contributed by atoms with Crippen LogP contribution in [0.5, 0.6) is 5.88 Å². The molecule has 4 nitrogen and oxygen atoms in total. The molecular weight excluding hydrogens is 202 g/mol. The Morgan fingerprint density at radius 3 is 2.69 bits per heavy atom. The molecule has 1 heterocycles. The summed E-state index contributed by atoms with van der Waals surface area (Å²) in [7, 11) is 3.59. The smallest absolute Gasteiger partial charge is 0.233 e. The quantitative estimate of drug-likeness (QED) is 0.825. The van der Waals surface area contributed by atoms with Gasteiger partial charge in [-0.1, -0.05) is 19.3 Å². The highest BCUT2D eigenvalue weighted by molar-refractivity contribution is 5.14. The molecule has 1 aliphatic rings. The van der Waals surface area contributed by atoms with Gasteiger partial charge in [0.1, 0.15) is 0 Å². The van der Waals surface area contributed by atoms with Gasteiger partial charge >= 0.3 is 0 Å². The molecule has 1 atom stereocenters. The van der Waals surface area contributed by atoms with Crippen LogP contribution < -0.4 is 10.1 Å². The Labute approximate surface area is 96.4 Å². The monoisotopic (exact) mass is 221 g/mol. The van der Waals surface area contributed by atoms with Crippen molar-refractivity contribution in [2.45, 2.75) is 31.7 Å². The molecule has 0 bridgehead atoms. The number of rotatable bonds is 5. The normalized spacial score (nSPS) is 17.9. The van der Waals surface area contributed by atoms with E-state index in [0.717, 1.165) is 18.0 Å². The Morgan fingerprint density at radius 1 is 1.44 bits per heavy atom. The van der Waals surface area contributed by atoms with Crippen LogP contribution >= 0.6 is 0 Å². The summed E-state index contributed by atoms with van der Waals surface area (Å²) in [5.41, 5.74) is 1.01. The van der Waals surface area contributed by atoms with Crippen LogP contribution in [0.15, 0.2) is 12.1 Å². The van der Waals surface area contributed by atoms with Gasteiger partial charge in [0.2, 0.25) is 5.88 Å². The first kappa shape index (κ1) is 11.3. The molecule has 0 aliphatic heterocycles. The summed E-state index contributed by atoms with van der Waals surface area (Å²) < 4.78 is 5.00. The van der Waals surface area contributed by atoms with Gasteiger partial charge < -0.3 is 10.1 Å². The number of ether oxygens (including phenoxy) is 1. The van der Waals surface area contributed by atoms with E-state index in [2.05, 4.69) is 15.5 Å². The molecule has 0 amide bonds. The van der Waals surface area contributed by atoms with E-state index in [1.165, 1.54) is 19.3 Å². The van der Waals surface area contributed by atoms with Crippen molar-refractivity contribution in [3.05, 3.63) is 17.8 Å². The topological polar surface area (TPSA) is 47.0 Å². The highest BCUT2D eigenvalue weighted by atomic mass is 16.5. The lowest BCUT2D eigenvalue weighted by molar-refractivity contribution is 0.263. The van der Waals surface area contributed by atoms with Gasteiger partial charge in [0.05, 0.1) is 18.8 Å². The summed E-state index contributed by atoms with van der Waals surface area (Å²) in [6.45, 7) is 0. The van der Waals surface area contributed by atoms with Gasteiger partial charge in [-0.05, 0) is 25.5 Å².